The van der Waals surface area contributed by atoms with Crippen LogP contribution in [-0.4, -0.2) is 25.0 Å². The first kappa shape index (κ1) is 16.8. The lowest BCUT2D eigenvalue weighted by Gasteiger charge is -2.29. The van der Waals surface area contributed by atoms with Crippen molar-refractivity contribution in [3.63, 3.8) is 0 Å². The minimum Gasteiger partial charge on any atom is -0.484 e. The number of nitrogens with one attached hydrogen (secondary N) is 1. The highest BCUT2D eigenvalue weighted by Gasteiger charge is 2.26. The first-order valence-electron chi connectivity index (χ1n) is 8.68. The Bertz CT molecular complexity index is 968. The molecule has 0 radical (unpaired) electrons. The van der Waals surface area contributed by atoms with Gasteiger partial charge in [-0.15, -0.1) is 0 Å². The highest BCUT2D eigenvalue weighted by molar-refractivity contribution is 6.10. The van der Waals surface area contributed by atoms with E-state index in [1.807, 2.05) is 66.7 Å². The molecular weight excluding hydrogens is 340 g/mol. The molecule has 3 aromatic rings. The van der Waals surface area contributed by atoms with Crippen LogP contribution in [0.5, 0.6) is 5.75 Å². The van der Waals surface area contributed by atoms with E-state index in [9.17, 15) is 9.59 Å². The molecule has 0 fully saturated rings. The van der Waals surface area contributed by atoms with Crippen LogP contribution in [-0.2, 0) is 9.59 Å². The number of hydrogen-bond acceptors (Lipinski definition) is 3. The Kier molecular flexibility index (Phi) is 4.58. The average molecular weight is 358 g/mol. The number of carbonyl (C=O) groups excluding carboxylic acids is 2. The van der Waals surface area contributed by atoms with Crippen LogP contribution in [0.3, 0.4) is 0 Å². The fourth-order valence-corrected chi connectivity index (χ4v) is 3.05. The maximum absolute atomic E-state index is 12.6. The Morgan fingerprint density at radius 1 is 0.889 bits per heavy atom. The number of fused-ring (bicyclic) bond motifs is 1. The second-order valence-corrected chi connectivity index (χ2v) is 6.22. The second kappa shape index (κ2) is 7.33. The van der Waals surface area contributed by atoms with Gasteiger partial charge in [0.1, 0.15) is 12.3 Å². The molecule has 5 nitrogen and oxygen atoms in total. The quantitative estimate of drug-likeness (QED) is 0.773. The van der Waals surface area contributed by atoms with Crippen molar-refractivity contribution in [2.75, 3.05) is 23.4 Å². The maximum Gasteiger partial charge on any atom is 0.265 e. The molecule has 0 aromatic heterocycles. The Hall–Kier alpha value is -3.60. The van der Waals surface area contributed by atoms with Crippen LogP contribution in [0, 0.1) is 0 Å². The molecule has 0 bridgehead atoms. The lowest BCUT2D eigenvalue weighted by atomic mass is 10.1. The van der Waals surface area contributed by atoms with Crippen molar-refractivity contribution in [1.82, 2.24) is 0 Å². The van der Waals surface area contributed by atoms with Crippen LogP contribution in [0.25, 0.3) is 11.1 Å². The molecule has 0 unspecified atom stereocenters. The Morgan fingerprint density at radius 2 is 1.56 bits per heavy atom. The van der Waals surface area contributed by atoms with E-state index in [0.29, 0.717) is 17.1 Å². The van der Waals surface area contributed by atoms with Crippen molar-refractivity contribution in [3.8, 4) is 16.9 Å². The van der Waals surface area contributed by atoms with Gasteiger partial charge in [0.25, 0.3) is 5.91 Å². The highest BCUT2D eigenvalue weighted by atomic mass is 16.5. The van der Waals surface area contributed by atoms with Crippen LogP contribution >= 0.6 is 0 Å². The first-order valence-corrected chi connectivity index (χ1v) is 8.68. The molecule has 0 saturated carbocycles. The van der Waals surface area contributed by atoms with E-state index in [-0.39, 0.29) is 25.0 Å². The van der Waals surface area contributed by atoms with E-state index in [1.165, 1.54) is 4.90 Å². The van der Waals surface area contributed by atoms with E-state index in [0.717, 1.165) is 11.1 Å². The number of carbonyl (C=O) groups is 2. The molecule has 0 atom stereocenters. The molecule has 4 rings (SSSR count). The van der Waals surface area contributed by atoms with Crippen LogP contribution in [0.2, 0.25) is 0 Å². The van der Waals surface area contributed by atoms with Gasteiger partial charge in [-0.1, -0.05) is 54.6 Å². The third-order valence-electron chi connectivity index (χ3n) is 4.40. The second-order valence-electron chi connectivity index (χ2n) is 6.22. The number of anilines is 2. The maximum atomic E-state index is 12.6. The lowest BCUT2D eigenvalue weighted by molar-refractivity contribution is -0.123. The Morgan fingerprint density at radius 3 is 2.33 bits per heavy atom. The fourth-order valence-electron chi connectivity index (χ4n) is 3.05. The molecule has 1 N–H and O–H groups in total. The molecular formula is C22H18N2O3. The third-order valence-corrected chi connectivity index (χ3v) is 4.40. The van der Waals surface area contributed by atoms with E-state index in [2.05, 4.69) is 5.32 Å². The van der Waals surface area contributed by atoms with Gasteiger partial charge in [-0.25, -0.2) is 0 Å². The molecule has 27 heavy (non-hydrogen) atoms. The van der Waals surface area contributed by atoms with Gasteiger partial charge in [0.2, 0.25) is 5.91 Å². The highest BCUT2D eigenvalue weighted by Crippen LogP contribution is 2.29. The zero-order chi connectivity index (χ0) is 18.6. The summed E-state index contributed by atoms with van der Waals surface area (Å²) < 4.78 is 5.64. The molecule has 134 valence electrons. The van der Waals surface area contributed by atoms with Crippen LogP contribution < -0.4 is 15.0 Å². The van der Waals surface area contributed by atoms with Gasteiger partial charge in [0.05, 0.1) is 11.4 Å². The normalized spacial score (nSPS) is 12.9. The minimum atomic E-state index is -0.260. The number of rotatable bonds is 4. The first-order chi connectivity index (χ1) is 13.2. The summed E-state index contributed by atoms with van der Waals surface area (Å²) in [6.45, 7) is -0.140. The molecule has 0 saturated heterocycles. The van der Waals surface area contributed by atoms with Gasteiger partial charge in [0.15, 0.2) is 6.61 Å². The van der Waals surface area contributed by atoms with Crippen LogP contribution in [0.1, 0.15) is 0 Å². The third kappa shape index (κ3) is 3.67. The molecule has 3 aromatic carbocycles. The summed E-state index contributed by atoms with van der Waals surface area (Å²) in [5.74, 6) is 0.136. The lowest BCUT2D eigenvalue weighted by Crippen LogP contribution is -2.44. The SMILES string of the molecule is O=C1CN(C(=O)COc2ccc(-c3ccccc3)cc2)c2ccccc2N1. The van der Waals surface area contributed by atoms with Gasteiger partial charge in [0, 0.05) is 0 Å². The molecule has 2 amide bonds. The van der Waals surface area contributed by atoms with Gasteiger partial charge < -0.3 is 10.1 Å². The smallest absolute Gasteiger partial charge is 0.265 e. The van der Waals surface area contributed by atoms with Gasteiger partial charge in [-0.05, 0) is 35.4 Å². The van der Waals surface area contributed by atoms with E-state index >= 15 is 0 Å². The van der Waals surface area contributed by atoms with Crippen LogP contribution in [0.15, 0.2) is 78.9 Å². The fraction of sp³-hybridized carbons (Fsp3) is 0.0909. The summed E-state index contributed by atoms with van der Waals surface area (Å²) in [6, 6.07) is 24.9. The molecule has 1 aliphatic rings. The average Bonchev–Trinajstić information content (AvgIpc) is 2.72. The monoisotopic (exact) mass is 358 g/mol. The summed E-state index contributed by atoms with van der Waals surface area (Å²) in [6.07, 6.45) is 0. The minimum absolute atomic E-state index is 0.00779. The summed E-state index contributed by atoms with van der Waals surface area (Å²) in [5.41, 5.74) is 3.52. The van der Waals surface area contributed by atoms with Crippen molar-refractivity contribution in [1.29, 1.82) is 0 Å². The molecule has 0 spiro atoms. The van der Waals surface area contributed by atoms with E-state index < -0.39 is 0 Å². The van der Waals surface area contributed by atoms with Crippen LogP contribution in [0.4, 0.5) is 11.4 Å². The van der Waals surface area contributed by atoms with Crippen molar-refractivity contribution in [2.24, 2.45) is 0 Å². The molecule has 0 aliphatic carbocycles. The predicted molar refractivity (Wildman–Crippen MR) is 105 cm³/mol. The molecule has 1 aliphatic heterocycles. The van der Waals surface area contributed by atoms with Crippen molar-refractivity contribution in [3.05, 3.63) is 78.9 Å². The van der Waals surface area contributed by atoms with Gasteiger partial charge in [-0.2, -0.15) is 0 Å². The summed E-state index contributed by atoms with van der Waals surface area (Å²) in [4.78, 5) is 25.9. The number of hydrogen-bond donors (Lipinski definition) is 1. The topological polar surface area (TPSA) is 58.6 Å². The standard InChI is InChI=1S/C22H18N2O3/c25-21-14-24(20-9-5-4-8-19(20)23-21)22(26)15-27-18-12-10-17(11-13-18)16-6-2-1-3-7-16/h1-13H,14-15H2,(H,23,25). The van der Waals surface area contributed by atoms with Gasteiger partial charge >= 0.3 is 0 Å². The predicted octanol–water partition coefficient (Wildman–Crippen LogP) is 3.72. The van der Waals surface area contributed by atoms with Crippen molar-refractivity contribution < 1.29 is 14.3 Å². The number of benzene rings is 3. The van der Waals surface area contributed by atoms with Crippen molar-refractivity contribution >= 4 is 23.2 Å². The largest absolute Gasteiger partial charge is 0.484 e. The van der Waals surface area contributed by atoms with E-state index in [4.69, 9.17) is 4.74 Å². The Balaban J connectivity index is 1.43. The number of nitrogens with zero attached hydrogens (tertiary/aromatic N) is 1. The zero-order valence-electron chi connectivity index (χ0n) is 14.6. The molecule has 1 heterocycles. The van der Waals surface area contributed by atoms with Crippen molar-refractivity contribution in [2.45, 2.75) is 0 Å². The number of amides is 2. The zero-order valence-corrected chi connectivity index (χ0v) is 14.6. The number of para-hydroxylation sites is 2. The Labute approximate surface area is 157 Å². The summed E-state index contributed by atoms with van der Waals surface area (Å²) in [5, 5.41) is 2.77. The number of ether oxygens (including phenoxy) is 1. The van der Waals surface area contributed by atoms with Gasteiger partial charge in [-0.3, -0.25) is 14.5 Å². The molecule has 5 heteroatoms. The summed E-state index contributed by atoms with van der Waals surface area (Å²) in [7, 11) is 0. The summed E-state index contributed by atoms with van der Waals surface area (Å²) >= 11 is 0. The van der Waals surface area contributed by atoms with E-state index in [1.54, 1.807) is 12.1 Å².